The van der Waals surface area contributed by atoms with E-state index in [1.165, 1.54) is 5.57 Å². The third-order valence-corrected chi connectivity index (χ3v) is 10.5. The van der Waals surface area contributed by atoms with Gasteiger partial charge in [0.2, 0.25) is 0 Å². The fourth-order valence-electron chi connectivity index (χ4n) is 2.87. The van der Waals surface area contributed by atoms with E-state index in [0.717, 1.165) is 31.3 Å². The van der Waals surface area contributed by atoms with Crippen LogP contribution in [0.1, 0.15) is 77.7 Å². The number of carbonyl (C=O) groups excluding carboxylic acids is 1. The molecule has 1 rings (SSSR count). The quantitative estimate of drug-likeness (QED) is 0.215. The summed E-state index contributed by atoms with van der Waals surface area (Å²) in [6.45, 7) is 21.8. The largest absolute Gasteiger partial charge is 0.410 e. The second-order valence-corrected chi connectivity index (χ2v) is 14.6. The summed E-state index contributed by atoms with van der Waals surface area (Å²) in [6.07, 6.45) is 7.80. The second-order valence-electron chi connectivity index (χ2n) is 9.87. The van der Waals surface area contributed by atoms with Crippen LogP contribution in [-0.4, -0.2) is 25.2 Å². The van der Waals surface area contributed by atoms with Crippen LogP contribution >= 0.6 is 0 Å². The average molecular weight is 416 g/mol. The number of carbonyl (C=O) groups is 1. The zero-order valence-electron chi connectivity index (χ0n) is 19.8. The summed E-state index contributed by atoms with van der Waals surface area (Å²) in [5, 5.41) is 0.190. The number of pyridine rings is 1. The first-order valence-corrected chi connectivity index (χ1v) is 13.7. The van der Waals surface area contributed by atoms with Gasteiger partial charge in [0.25, 0.3) is 0 Å². The smallest absolute Gasteiger partial charge is 0.192 e. The Morgan fingerprint density at radius 1 is 1.28 bits per heavy atom. The van der Waals surface area contributed by atoms with Crippen LogP contribution in [0.15, 0.2) is 48.2 Å². The molecule has 0 aliphatic heterocycles. The Kier molecular flexibility index (Phi) is 9.70. The van der Waals surface area contributed by atoms with Crippen LogP contribution < -0.4 is 0 Å². The normalized spacial score (nSPS) is 15.1. The van der Waals surface area contributed by atoms with E-state index in [1.807, 2.05) is 19.1 Å². The van der Waals surface area contributed by atoms with E-state index in [1.54, 1.807) is 12.3 Å². The minimum atomic E-state index is -1.82. The molecule has 0 aliphatic rings. The molecule has 0 N–H and O–H groups in total. The summed E-state index contributed by atoms with van der Waals surface area (Å²) in [4.78, 5) is 16.6. The van der Waals surface area contributed by atoms with Gasteiger partial charge in [0.05, 0.1) is 6.10 Å². The van der Waals surface area contributed by atoms with Crippen molar-refractivity contribution in [3.05, 3.63) is 53.9 Å². The Balaban J connectivity index is 2.55. The highest BCUT2D eigenvalue weighted by molar-refractivity contribution is 6.74. The van der Waals surface area contributed by atoms with Crippen LogP contribution in [0.4, 0.5) is 0 Å². The molecule has 0 unspecified atom stereocenters. The minimum absolute atomic E-state index is 0.00258. The highest BCUT2D eigenvalue weighted by Gasteiger charge is 2.39. The molecule has 0 bridgehead atoms. The summed E-state index contributed by atoms with van der Waals surface area (Å²) in [5.74, 6) is 0.139. The molecule has 0 aliphatic carbocycles. The van der Waals surface area contributed by atoms with E-state index in [0.29, 0.717) is 5.69 Å². The molecule has 2 atom stereocenters. The third kappa shape index (κ3) is 8.39. The van der Waals surface area contributed by atoms with Crippen molar-refractivity contribution in [1.29, 1.82) is 0 Å². The van der Waals surface area contributed by atoms with Crippen molar-refractivity contribution >= 4 is 14.1 Å². The topological polar surface area (TPSA) is 39.2 Å². The van der Waals surface area contributed by atoms with E-state index >= 15 is 0 Å². The van der Waals surface area contributed by atoms with E-state index < -0.39 is 8.32 Å². The number of aromatic nitrogens is 1. The summed E-state index contributed by atoms with van der Waals surface area (Å²) in [7, 11) is -1.82. The van der Waals surface area contributed by atoms with Gasteiger partial charge in [0, 0.05) is 12.1 Å². The van der Waals surface area contributed by atoms with Gasteiger partial charge in [0.15, 0.2) is 14.1 Å². The van der Waals surface area contributed by atoms with Crippen molar-refractivity contribution in [2.45, 2.75) is 91.5 Å². The first-order chi connectivity index (χ1) is 13.3. The van der Waals surface area contributed by atoms with Crippen molar-refractivity contribution in [3.63, 3.8) is 0 Å². The molecule has 162 valence electrons. The fraction of sp³-hybridized carbons (Fsp3) is 0.600. The predicted octanol–water partition coefficient (Wildman–Crippen LogP) is 7.37. The van der Waals surface area contributed by atoms with Gasteiger partial charge < -0.3 is 4.43 Å². The van der Waals surface area contributed by atoms with Gasteiger partial charge in [-0.3, -0.25) is 9.78 Å². The Bertz CT molecular complexity index is 701. The average Bonchev–Trinajstić information content (AvgIpc) is 2.63. The molecular weight excluding hydrogens is 374 g/mol. The van der Waals surface area contributed by atoms with Crippen molar-refractivity contribution in [2.24, 2.45) is 5.92 Å². The molecule has 0 aromatic carbocycles. The maximum atomic E-state index is 12.4. The molecule has 0 radical (unpaired) electrons. The Morgan fingerprint density at radius 2 is 1.93 bits per heavy atom. The van der Waals surface area contributed by atoms with E-state index in [2.05, 4.69) is 65.4 Å². The molecule has 1 aromatic rings. The van der Waals surface area contributed by atoms with Crippen molar-refractivity contribution in [3.8, 4) is 0 Å². The van der Waals surface area contributed by atoms with E-state index in [4.69, 9.17) is 4.43 Å². The lowest BCUT2D eigenvalue weighted by Crippen LogP contribution is -2.44. The standard InChI is InChI=1S/C25H41NO2Si/c1-19(2)23(28-29(8,9)25(5,6)7)17-16-20(3)13-12-14-21(4)24(27)22-15-10-11-18-26-22/h10-11,15-16,18,21,23H,1,12-14,17H2,2-9H3/t21-,23-/m0/s1. The maximum absolute atomic E-state index is 12.4. The highest BCUT2D eigenvalue weighted by atomic mass is 28.4. The van der Waals surface area contributed by atoms with Crippen molar-refractivity contribution in [1.82, 2.24) is 4.98 Å². The number of Topliss-reactive ketones (excluding diaryl/α,β-unsaturated/α-hetero) is 1. The molecular formula is C25H41NO2Si. The Morgan fingerprint density at radius 3 is 2.45 bits per heavy atom. The van der Waals surface area contributed by atoms with Crippen molar-refractivity contribution < 1.29 is 9.22 Å². The number of nitrogens with zero attached hydrogens (tertiary/aromatic N) is 1. The lowest BCUT2D eigenvalue weighted by atomic mass is 9.95. The van der Waals surface area contributed by atoms with Crippen LogP contribution in [-0.2, 0) is 4.43 Å². The molecule has 4 heteroatoms. The number of hydrogen-bond donors (Lipinski definition) is 0. The molecule has 29 heavy (non-hydrogen) atoms. The number of allylic oxidation sites excluding steroid dienone is 1. The predicted molar refractivity (Wildman–Crippen MR) is 127 cm³/mol. The molecule has 0 saturated heterocycles. The molecule has 0 saturated carbocycles. The SMILES string of the molecule is C=C(C)[C@H](CC=C(C)CCC[C@H](C)C(=O)c1ccccn1)O[Si](C)(C)C(C)(C)C. The zero-order valence-corrected chi connectivity index (χ0v) is 20.8. The molecule has 0 spiro atoms. The van der Waals surface area contributed by atoms with Crippen LogP contribution in [0.25, 0.3) is 0 Å². The van der Waals surface area contributed by atoms with E-state index in [-0.39, 0.29) is 22.8 Å². The van der Waals surface area contributed by atoms with Crippen LogP contribution in [0.2, 0.25) is 18.1 Å². The number of hydrogen-bond acceptors (Lipinski definition) is 3. The monoisotopic (exact) mass is 415 g/mol. The molecule has 0 amide bonds. The third-order valence-electron chi connectivity index (χ3n) is 6.05. The zero-order chi connectivity index (χ0) is 22.2. The van der Waals surface area contributed by atoms with Gasteiger partial charge in [-0.15, -0.1) is 0 Å². The first kappa shape index (κ1) is 25.5. The van der Waals surface area contributed by atoms with E-state index in [9.17, 15) is 4.79 Å². The van der Waals surface area contributed by atoms with Gasteiger partial charge in [0.1, 0.15) is 5.69 Å². The Labute approximate surface area is 179 Å². The van der Waals surface area contributed by atoms with Crippen LogP contribution in [0.5, 0.6) is 0 Å². The highest BCUT2D eigenvalue weighted by Crippen LogP contribution is 2.38. The lowest BCUT2D eigenvalue weighted by molar-refractivity contribution is 0.0917. The molecule has 0 fully saturated rings. The van der Waals surface area contributed by atoms with Crippen LogP contribution in [0.3, 0.4) is 0 Å². The van der Waals surface area contributed by atoms with Gasteiger partial charge in [-0.2, -0.15) is 0 Å². The van der Waals surface area contributed by atoms with Gasteiger partial charge in [-0.25, -0.2) is 0 Å². The summed E-state index contributed by atoms with van der Waals surface area (Å²) < 4.78 is 6.58. The Hall–Kier alpha value is -1.52. The van der Waals surface area contributed by atoms with Gasteiger partial charge in [-0.1, -0.05) is 57.6 Å². The first-order valence-electron chi connectivity index (χ1n) is 10.8. The molecule has 3 nitrogen and oxygen atoms in total. The summed E-state index contributed by atoms with van der Waals surface area (Å²) >= 11 is 0. The maximum Gasteiger partial charge on any atom is 0.192 e. The summed E-state index contributed by atoms with van der Waals surface area (Å²) in [5.41, 5.74) is 3.01. The fourth-order valence-corrected chi connectivity index (χ4v) is 4.23. The van der Waals surface area contributed by atoms with Crippen molar-refractivity contribution in [2.75, 3.05) is 0 Å². The number of rotatable bonds is 11. The molecule has 1 aromatic heterocycles. The summed E-state index contributed by atoms with van der Waals surface area (Å²) in [6, 6.07) is 5.50. The lowest BCUT2D eigenvalue weighted by Gasteiger charge is -2.39. The number of ketones is 1. The van der Waals surface area contributed by atoms with Gasteiger partial charge in [-0.05, 0) is 69.8 Å². The van der Waals surface area contributed by atoms with Gasteiger partial charge >= 0.3 is 0 Å². The minimum Gasteiger partial charge on any atom is -0.410 e. The molecule has 1 heterocycles. The van der Waals surface area contributed by atoms with Crippen LogP contribution in [0, 0.1) is 5.92 Å². The second kappa shape index (κ2) is 11.0.